The molecule has 8 heteroatoms. The Balaban J connectivity index is 1.42. The molecule has 3 aromatic heterocycles. The van der Waals surface area contributed by atoms with Gasteiger partial charge in [-0.2, -0.15) is 4.98 Å². The Morgan fingerprint density at radius 2 is 2.08 bits per heavy atom. The molecule has 130 valence electrons. The number of benzene rings is 1. The van der Waals surface area contributed by atoms with Crippen LogP contribution in [0.15, 0.2) is 47.1 Å². The SMILES string of the molecule is Cc1ccc(C2Cn3nnc(-c4noc(-c5ccc[nH]5)n4)c3CO2)cc1. The van der Waals surface area contributed by atoms with E-state index in [0.717, 1.165) is 17.0 Å². The van der Waals surface area contributed by atoms with Gasteiger partial charge in [0, 0.05) is 6.20 Å². The largest absolute Gasteiger partial charge is 0.365 e. The van der Waals surface area contributed by atoms with Gasteiger partial charge < -0.3 is 14.2 Å². The number of rotatable bonds is 3. The molecule has 0 saturated carbocycles. The molecule has 1 atom stereocenters. The molecule has 0 spiro atoms. The van der Waals surface area contributed by atoms with Crippen LogP contribution in [0.1, 0.15) is 22.9 Å². The molecule has 1 aliphatic heterocycles. The second kappa shape index (κ2) is 5.92. The van der Waals surface area contributed by atoms with Crippen LogP contribution in [0.5, 0.6) is 0 Å². The van der Waals surface area contributed by atoms with Gasteiger partial charge in [-0.25, -0.2) is 4.68 Å². The second-order valence-corrected chi connectivity index (χ2v) is 6.28. The minimum atomic E-state index is -0.0441. The summed E-state index contributed by atoms with van der Waals surface area (Å²) in [5.74, 6) is 0.828. The molecule has 0 saturated heterocycles. The van der Waals surface area contributed by atoms with Crippen LogP contribution in [0.2, 0.25) is 0 Å². The molecule has 0 fully saturated rings. The van der Waals surface area contributed by atoms with Gasteiger partial charge in [-0.15, -0.1) is 5.10 Å². The van der Waals surface area contributed by atoms with Crippen molar-refractivity contribution in [2.24, 2.45) is 0 Å². The number of ether oxygens (including phenoxy) is 1. The van der Waals surface area contributed by atoms with Crippen molar-refractivity contribution in [3.05, 3.63) is 59.4 Å². The molecule has 5 rings (SSSR count). The number of hydrogen-bond donors (Lipinski definition) is 1. The van der Waals surface area contributed by atoms with E-state index in [1.165, 1.54) is 5.56 Å². The van der Waals surface area contributed by atoms with Crippen molar-refractivity contribution in [1.29, 1.82) is 0 Å². The summed E-state index contributed by atoms with van der Waals surface area (Å²) in [6.45, 7) is 3.07. The van der Waals surface area contributed by atoms with Crippen LogP contribution in [0.4, 0.5) is 0 Å². The van der Waals surface area contributed by atoms with E-state index in [1.54, 1.807) is 6.20 Å². The molecule has 4 aromatic rings. The van der Waals surface area contributed by atoms with E-state index in [0.29, 0.717) is 30.6 Å². The van der Waals surface area contributed by atoms with E-state index < -0.39 is 0 Å². The number of aromatic amines is 1. The summed E-state index contributed by atoms with van der Waals surface area (Å²) in [4.78, 5) is 7.45. The maximum absolute atomic E-state index is 6.04. The van der Waals surface area contributed by atoms with Crippen LogP contribution >= 0.6 is 0 Å². The lowest BCUT2D eigenvalue weighted by Crippen LogP contribution is -2.22. The lowest BCUT2D eigenvalue weighted by atomic mass is 10.1. The van der Waals surface area contributed by atoms with Crippen LogP contribution in [-0.2, 0) is 17.9 Å². The van der Waals surface area contributed by atoms with E-state index in [4.69, 9.17) is 9.26 Å². The zero-order valence-corrected chi connectivity index (χ0v) is 14.1. The molecule has 26 heavy (non-hydrogen) atoms. The smallest absolute Gasteiger partial charge is 0.274 e. The monoisotopic (exact) mass is 348 g/mol. The lowest BCUT2D eigenvalue weighted by Gasteiger charge is -2.24. The van der Waals surface area contributed by atoms with Crippen molar-refractivity contribution in [2.75, 3.05) is 0 Å². The first kappa shape index (κ1) is 15.0. The summed E-state index contributed by atoms with van der Waals surface area (Å²) in [6, 6.07) is 12.1. The highest BCUT2D eigenvalue weighted by Crippen LogP contribution is 2.30. The Bertz CT molecular complexity index is 1030. The topological polar surface area (TPSA) is 94.7 Å². The quantitative estimate of drug-likeness (QED) is 0.612. The predicted octanol–water partition coefficient (Wildman–Crippen LogP) is 2.90. The number of H-pyrrole nitrogens is 1. The van der Waals surface area contributed by atoms with Crippen molar-refractivity contribution in [1.82, 2.24) is 30.1 Å². The van der Waals surface area contributed by atoms with Gasteiger partial charge in [0.25, 0.3) is 5.89 Å². The predicted molar refractivity (Wildman–Crippen MR) is 91.8 cm³/mol. The molecular weight excluding hydrogens is 332 g/mol. The molecule has 1 aliphatic rings. The number of aryl methyl sites for hydroxylation is 1. The summed E-state index contributed by atoms with van der Waals surface area (Å²) in [7, 11) is 0. The van der Waals surface area contributed by atoms with Crippen molar-refractivity contribution < 1.29 is 9.26 Å². The van der Waals surface area contributed by atoms with Crippen molar-refractivity contribution in [3.63, 3.8) is 0 Å². The summed E-state index contributed by atoms with van der Waals surface area (Å²) >= 11 is 0. The Kier molecular flexibility index (Phi) is 3.42. The molecule has 0 amide bonds. The third-order valence-corrected chi connectivity index (χ3v) is 4.51. The fraction of sp³-hybridized carbons (Fsp3) is 0.222. The number of aromatic nitrogens is 6. The first-order valence-electron chi connectivity index (χ1n) is 8.36. The molecule has 0 aliphatic carbocycles. The molecule has 1 aromatic carbocycles. The summed E-state index contributed by atoms with van der Waals surface area (Å²) in [5, 5.41) is 12.5. The average molecular weight is 348 g/mol. The molecule has 1 unspecified atom stereocenters. The van der Waals surface area contributed by atoms with Gasteiger partial charge in [-0.1, -0.05) is 40.2 Å². The second-order valence-electron chi connectivity index (χ2n) is 6.28. The van der Waals surface area contributed by atoms with E-state index in [-0.39, 0.29) is 6.10 Å². The Morgan fingerprint density at radius 3 is 2.88 bits per heavy atom. The molecular formula is C18H16N6O2. The molecule has 4 heterocycles. The fourth-order valence-electron chi connectivity index (χ4n) is 3.06. The Hall–Kier alpha value is -3.26. The zero-order chi connectivity index (χ0) is 17.5. The Morgan fingerprint density at radius 1 is 1.19 bits per heavy atom. The van der Waals surface area contributed by atoms with Gasteiger partial charge in [0.15, 0.2) is 5.69 Å². The van der Waals surface area contributed by atoms with Crippen molar-refractivity contribution >= 4 is 0 Å². The molecule has 8 nitrogen and oxygen atoms in total. The van der Waals surface area contributed by atoms with Crippen molar-refractivity contribution in [3.8, 4) is 23.1 Å². The lowest BCUT2D eigenvalue weighted by molar-refractivity contribution is -0.00112. The standard InChI is InChI=1S/C18H16N6O2/c1-11-4-6-12(7-5-11)15-9-24-14(10-25-15)16(21-23-24)17-20-18(26-22-17)13-3-2-8-19-13/h2-8,15,19H,9-10H2,1H3. The Labute approximate surface area is 148 Å². The first-order valence-corrected chi connectivity index (χ1v) is 8.36. The highest BCUT2D eigenvalue weighted by molar-refractivity contribution is 5.56. The van der Waals surface area contributed by atoms with Crippen LogP contribution in [0, 0.1) is 6.92 Å². The normalized spacial score (nSPS) is 16.6. The van der Waals surface area contributed by atoms with Crippen LogP contribution in [0.3, 0.4) is 0 Å². The maximum Gasteiger partial charge on any atom is 0.274 e. The average Bonchev–Trinajstić information content (AvgIpc) is 3.41. The van der Waals surface area contributed by atoms with Gasteiger partial charge in [-0.3, -0.25) is 0 Å². The highest BCUT2D eigenvalue weighted by Gasteiger charge is 2.27. The fourth-order valence-corrected chi connectivity index (χ4v) is 3.06. The van der Waals surface area contributed by atoms with Gasteiger partial charge in [0.2, 0.25) is 5.82 Å². The van der Waals surface area contributed by atoms with E-state index >= 15 is 0 Å². The number of fused-ring (bicyclic) bond motifs is 1. The third-order valence-electron chi connectivity index (χ3n) is 4.51. The van der Waals surface area contributed by atoms with Crippen LogP contribution in [0.25, 0.3) is 23.1 Å². The van der Waals surface area contributed by atoms with Gasteiger partial charge in [0.1, 0.15) is 11.8 Å². The maximum atomic E-state index is 6.04. The summed E-state index contributed by atoms with van der Waals surface area (Å²) in [6.07, 6.45) is 1.76. The van der Waals surface area contributed by atoms with Gasteiger partial charge >= 0.3 is 0 Å². The van der Waals surface area contributed by atoms with E-state index in [2.05, 4.69) is 56.6 Å². The van der Waals surface area contributed by atoms with Gasteiger partial charge in [0.05, 0.1) is 18.8 Å². The van der Waals surface area contributed by atoms with E-state index in [9.17, 15) is 0 Å². The third kappa shape index (κ3) is 2.51. The minimum absolute atomic E-state index is 0.0441. The zero-order valence-electron chi connectivity index (χ0n) is 14.1. The first-order chi connectivity index (χ1) is 12.8. The minimum Gasteiger partial charge on any atom is -0.365 e. The summed E-state index contributed by atoms with van der Waals surface area (Å²) in [5.41, 5.74) is 4.57. The molecule has 1 N–H and O–H groups in total. The van der Waals surface area contributed by atoms with Crippen LogP contribution in [-0.4, -0.2) is 30.1 Å². The molecule has 0 bridgehead atoms. The van der Waals surface area contributed by atoms with Crippen LogP contribution < -0.4 is 0 Å². The highest BCUT2D eigenvalue weighted by atomic mass is 16.5. The van der Waals surface area contributed by atoms with Crippen molar-refractivity contribution in [2.45, 2.75) is 26.2 Å². The number of nitrogens with one attached hydrogen (secondary N) is 1. The number of hydrogen-bond acceptors (Lipinski definition) is 6. The van der Waals surface area contributed by atoms with E-state index in [1.807, 2.05) is 16.8 Å². The summed E-state index contributed by atoms with van der Waals surface area (Å²) < 4.78 is 13.2. The van der Waals surface area contributed by atoms with Gasteiger partial charge in [-0.05, 0) is 24.6 Å². The molecule has 0 radical (unpaired) electrons. The number of nitrogens with zero attached hydrogens (tertiary/aromatic N) is 5.